The maximum atomic E-state index is 3.60. The number of nitrogens with one attached hydrogen (secondary N) is 1. The molecule has 1 saturated heterocycles. The van der Waals surface area contributed by atoms with Crippen molar-refractivity contribution >= 4 is 22.6 Å². The molecular weight excluding hydrogens is 225 g/mol. The van der Waals surface area contributed by atoms with E-state index in [0.717, 1.165) is 3.92 Å². The molecule has 1 N–H and O–H groups in total. The van der Waals surface area contributed by atoms with Gasteiger partial charge in [0.2, 0.25) is 0 Å². The Morgan fingerprint density at radius 3 is 2.67 bits per heavy atom. The molecule has 0 radical (unpaired) electrons. The van der Waals surface area contributed by atoms with Crippen LogP contribution in [-0.2, 0) is 0 Å². The van der Waals surface area contributed by atoms with Gasteiger partial charge >= 0.3 is 0 Å². The van der Waals surface area contributed by atoms with Crippen LogP contribution in [0.2, 0.25) is 0 Å². The number of rotatable bonds is 0. The first-order valence-corrected chi connectivity index (χ1v) is 4.94. The van der Waals surface area contributed by atoms with Crippen molar-refractivity contribution in [3.8, 4) is 0 Å². The SMILES string of the molecule is IC1CC2(CCCN2)C1. The lowest BCUT2D eigenvalue weighted by molar-refractivity contribution is 0.235. The molecule has 0 aromatic heterocycles. The van der Waals surface area contributed by atoms with Crippen molar-refractivity contribution in [3.05, 3.63) is 0 Å². The van der Waals surface area contributed by atoms with Crippen LogP contribution in [0.15, 0.2) is 0 Å². The summed E-state index contributed by atoms with van der Waals surface area (Å²) in [6, 6.07) is 0. The molecule has 2 aliphatic rings. The highest BCUT2D eigenvalue weighted by Gasteiger charge is 2.44. The summed E-state index contributed by atoms with van der Waals surface area (Å²) < 4.78 is 0.966. The molecule has 0 unspecified atom stereocenters. The molecule has 1 saturated carbocycles. The van der Waals surface area contributed by atoms with Gasteiger partial charge in [-0.05, 0) is 32.2 Å². The van der Waals surface area contributed by atoms with E-state index in [9.17, 15) is 0 Å². The predicted octanol–water partition coefficient (Wildman–Crippen LogP) is 1.71. The van der Waals surface area contributed by atoms with Gasteiger partial charge in [-0.15, -0.1) is 0 Å². The molecule has 1 heterocycles. The van der Waals surface area contributed by atoms with Crippen LogP contribution in [-0.4, -0.2) is 16.0 Å². The van der Waals surface area contributed by atoms with Crippen molar-refractivity contribution in [1.82, 2.24) is 5.32 Å². The van der Waals surface area contributed by atoms with Gasteiger partial charge in [0.15, 0.2) is 0 Å². The summed E-state index contributed by atoms with van der Waals surface area (Å²) >= 11 is 2.55. The number of hydrogen-bond donors (Lipinski definition) is 1. The molecule has 0 bridgehead atoms. The van der Waals surface area contributed by atoms with Gasteiger partial charge in [-0.1, -0.05) is 22.6 Å². The zero-order valence-corrected chi connectivity index (χ0v) is 7.65. The van der Waals surface area contributed by atoms with Gasteiger partial charge in [0, 0.05) is 9.46 Å². The monoisotopic (exact) mass is 237 g/mol. The first-order valence-electron chi connectivity index (χ1n) is 3.70. The molecular formula is C7H12IN. The van der Waals surface area contributed by atoms with Crippen LogP contribution in [0.1, 0.15) is 25.7 Å². The molecule has 1 nitrogen and oxygen atoms in total. The molecule has 0 aromatic rings. The van der Waals surface area contributed by atoms with E-state index in [1.807, 2.05) is 0 Å². The summed E-state index contributed by atoms with van der Waals surface area (Å²) in [5.74, 6) is 0. The summed E-state index contributed by atoms with van der Waals surface area (Å²) in [6.45, 7) is 1.27. The average molecular weight is 237 g/mol. The smallest absolute Gasteiger partial charge is 0.0202 e. The lowest BCUT2D eigenvalue weighted by Crippen LogP contribution is -2.51. The number of halogens is 1. The van der Waals surface area contributed by atoms with E-state index < -0.39 is 0 Å². The Bertz CT molecular complexity index is 110. The fraction of sp³-hybridized carbons (Fsp3) is 1.00. The van der Waals surface area contributed by atoms with E-state index in [1.54, 1.807) is 0 Å². The second kappa shape index (κ2) is 2.09. The van der Waals surface area contributed by atoms with Crippen molar-refractivity contribution in [2.24, 2.45) is 0 Å². The van der Waals surface area contributed by atoms with Crippen LogP contribution in [0.5, 0.6) is 0 Å². The van der Waals surface area contributed by atoms with Crippen LogP contribution < -0.4 is 5.32 Å². The third-order valence-corrected chi connectivity index (χ3v) is 3.44. The highest BCUT2D eigenvalue weighted by atomic mass is 127. The lowest BCUT2D eigenvalue weighted by atomic mass is 9.76. The maximum Gasteiger partial charge on any atom is 0.0202 e. The topological polar surface area (TPSA) is 12.0 Å². The zero-order chi connectivity index (χ0) is 6.32. The van der Waals surface area contributed by atoms with Gasteiger partial charge in [0.25, 0.3) is 0 Å². The van der Waals surface area contributed by atoms with E-state index in [-0.39, 0.29) is 0 Å². The third kappa shape index (κ3) is 1.00. The molecule has 9 heavy (non-hydrogen) atoms. The standard InChI is InChI=1S/C7H12IN/c8-6-4-7(5-6)2-1-3-9-7/h6,9H,1-5H2. The zero-order valence-electron chi connectivity index (χ0n) is 5.49. The van der Waals surface area contributed by atoms with Gasteiger partial charge < -0.3 is 5.32 Å². The van der Waals surface area contributed by atoms with Gasteiger partial charge in [-0.3, -0.25) is 0 Å². The lowest BCUT2D eigenvalue weighted by Gasteiger charge is -2.42. The normalized spacial score (nSPS) is 49.7. The Balaban J connectivity index is 1.95. The van der Waals surface area contributed by atoms with Crippen LogP contribution in [0.25, 0.3) is 0 Å². The number of hydrogen-bond acceptors (Lipinski definition) is 1. The van der Waals surface area contributed by atoms with Gasteiger partial charge in [-0.25, -0.2) is 0 Å². The number of alkyl halides is 1. The quantitative estimate of drug-likeness (QED) is 0.499. The Labute approximate surface area is 69.7 Å². The van der Waals surface area contributed by atoms with Crippen molar-refractivity contribution in [2.45, 2.75) is 35.1 Å². The Morgan fingerprint density at radius 2 is 2.22 bits per heavy atom. The summed E-state index contributed by atoms with van der Waals surface area (Å²) in [5, 5.41) is 3.60. The molecule has 0 aromatic carbocycles. The van der Waals surface area contributed by atoms with Crippen molar-refractivity contribution in [1.29, 1.82) is 0 Å². The molecule has 1 aliphatic heterocycles. The van der Waals surface area contributed by atoms with E-state index in [4.69, 9.17) is 0 Å². The molecule has 0 atom stereocenters. The third-order valence-electron chi connectivity index (χ3n) is 2.56. The molecule has 2 heteroatoms. The highest BCUT2D eigenvalue weighted by Crippen LogP contribution is 2.42. The first kappa shape index (κ1) is 6.40. The van der Waals surface area contributed by atoms with Gasteiger partial charge in [0.1, 0.15) is 0 Å². The molecule has 2 fully saturated rings. The van der Waals surface area contributed by atoms with Crippen LogP contribution in [0.3, 0.4) is 0 Å². The highest BCUT2D eigenvalue weighted by molar-refractivity contribution is 14.1. The summed E-state index contributed by atoms with van der Waals surface area (Å²) in [6.07, 6.45) is 5.69. The van der Waals surface area contributed by atoms with E-state index in [0.29, 0.717) is 5.54 Å². The van der Waals surface area contributed by atoms with Crippen LogP contribution in [0, 0.1) is 0 Å². The Kier molecular flexibility index (Phi) is 1.49. The molecule has 52 valence electrons. The Morgan fingerprint density at radius 1 is 1.44 bits per heavy atom. The van der Waals surface area contributed by atoms with E-state index >= 15 is 0 Å². The van der Waals surface area contributed by atoms with Crippen molar-refractivity contribution in [2.75, 3.05) is 6.54 Å². The van der Waals surface area contributed by atoms with Crippen molar-refractivity contribution in [3.63, 3.8) is 0 Å². The average Bonchev–Trinajstić information content (AvgIpc) is 2.12. The Hall–Kier alpha value is 0.690. The summed E-state index contributed by atoms with van der Waals surface area (Å²) in [7, 11) is 0. The van der Waals surface area contributed by atoms with Gasteiger partial charge in [0.05, 0.1) is 0 Å². The fourth-order valence-electron chi connectivity index (χ4n) is 2.01. The minimum atomic E-state index is 0.631. The van der Waals surface area contributed by atoms with Crippen LogP contribution in [0.4, 0.5) is 0 Å². The summed E-state index contributed by atoms with van der Waals surface area (Å²) in [4.78, 5) is 0. The van der Waals surface area contributed by atoms with Crippen LogP contribution >= 0.6 is 22.6 Å². The predicted molar refractivity (Wildman–Crippen MR) is 47.0 cm³/mol. The molecule has 2 rings (SSSR count). The van der Waals surface area contributed by atoms with E-state index in [2.05, 4.69) is 27.9 Å². The molecule has 1 aliphatic carbocycles. The minimum Gasteiger partial charge on any atom is -0.311 e. The largest absolute Gasteiger partial charge is 0.311 e. The molecule has 0 amide bonds. The maximum absolute atomic E-state index is 3.60. The molecule has 1 spiro atoms. The van der Waals surface area contributed by atoms with Gasteiger partial charge in [-0.2, -0.15) is 0 Å². The second-order valence-corrected chi connectivity index (χ2v) is 5.08. The second-order valence-electron chi connectivity index (χ2n) is 3.32. The fourth-order valence-corrected chi connectivity index (χ4v) is 3.69. The first-order chi connectivity index (χ1) is 4.31. The van der Waals surface area contributed by atoms with E-state index in [1.165, 1.54) is 32.2 Å². The minimum absolute atomic E-state index is 0.631. The van der Waals surface area contributed by atoms with Crippen molar-refractivity contribution < 1.29 is 0 Å². The summed E-state index contributed by atoms with van der Waals surface area (Å²) in [5.41, 5.74) is 0.631.